The Kier molecular flexibility index (Phi) is 7.77. The van der Waals surface area contributed by atoms with Crippen molar-refractivity contribution in [2.75, 3.05) is 13.1 Å². The quantitative estimate of drug-likeness (QED) is 0.254. The van der Waals surface area contributed by atoms with E-state index in [0.29, 0.717) is 13.1 Å². The fourth-order valence-corrected chi connectivity index (χ4v) is 0.649. The molecule has 0 aromatic heterocycles. The lowest BCUT2D eigenvalue weighted by Crippen LogP contribution is -2.50. The highest BCUT2D eigenvalue weighted by molar-refractivity contribution is 6.34. The molecule has 0 atom stereocenters. The fraction of sp³-hybridized carbons (Fsp3) is 0.750. The lowest BCUT2D eigenvalue weighted by Gasteiger charge is -2.07. The molecule has 0 saturated carbocycles. The van der Waals surface area contributed by atoms with E-state index in [4.69, 9.17) is 0 Å². The van der Waals surface area contributed by atoms with Crippen LogP contribution in [0, 0.1) is 0 Å². The third kappa shape index (κ3) is 6.38. The lowest BCUT2D eigenvalue weighted by molar-refractivity contribution is -0.140. The normalized spacial score (nSPS) is 9.57. The molecule has 0 rings (SSSR count). The summed E-state index contributed by atoms with van der Waals surface area (Å²) in [4.78, 5) is 22.0. The molecule has 0 bridgehead atoms. The number of carbonyl (C=O) groups is 2. The van der Waals surface area contributed by atoms with Crippen molar-refractivity contribution in [3.05, 3.63) is 0 Å². The molecule has 14 heavy (non-hydrogen) atoms. The molecule has 0 unspecified atom stereocenters. The van der Waals surface area contributed by atoms with Crippen LogP contribution in [0.25, 0.3) is 0 Å². The van der Waals surface area contributed by atoms with Gasteiger partial charge in [-0.3, -0.25) is 20.4 Å². The maximum atomic E-state index is 11.0. The molecule has 6 nitrogen and oxygen atoms in total. The monoisotopic (exact) mass is 202 g/mol. The van der Waals surface area contributed by atoms with Crippen molar-refractivity contribution in [3.8, 4) is 0 Å². The first kappa shape index (κ1) is 12.9. The van der Waals surface area contributed by atoms with Crippen molar-refractivity contribution < 1.29 is 9.59 Å². The minimum atomic E-state index is -0.693. The second kappa shape index (κ2) is 8.46. The Morgan fingerprint density at radius 1 is 0.857 bits per heavy atom. The highest BCUT2D eigenvalue weighted by Gasteiger charge is 2.10. The van der Waals surface area contributed by atoms with Gasteiger partial charge in [0.25, 0.3) is 0 Å². The summed E-state index contributed by atoms with van der Waals surface area (Å²) < 4.78 is 0. The number of nitrogens with one attached hydrogen (secondary N) is 4. The zero-order valence-electron chi connectivity index (χ0n) is 8.64. The minimum Gasteiger partial charge on any atom is -0.283 e. The predicted octanol–water partition coefficient (Wildman–Crippen LogP) is -0.952. The summed E-state index contributed by atoms with van der Waals surface area (Å²) in [5, 5.41) is 0. The Morgan fingerprint density at radius 2 is 1.21 bits per heavy atom. The topological polar surface area (TPSA) is 82.3 Å². The molecule has 0 aliphatic heterocycles. The fourth-order valence-electron chi connectivity index (χ4n) is 0.649. The molecule has 0 aliphatic carbocycles. The Bertz CT molecular complexity index is 164. The van der Waals surface area contributed by atoms with Crippen LogP contribution in [0.4, 0.5) is 0 Å². The van der Waals surface area contributed by atoms with E-state index in [1.807, 2.05) is 13.8 Å². The van der Waals surface area contributed by atoms with Crippen molar-refractivity contribution >= 4 is 11.8 Å². The summed E-state index contributed by atoms with van der Waals surface area (Å²) in [6.07, 6.45) is 1.77. The van der Waals surface area contributed by atoms with Crippen LogP contribution >= 0.6 is 0 Å². The van der Waals surface area contributed by atoms with E-state index in [-0.39, 0.29) is 0 Å². The summed E-state index contributed by atoms with van der Waals surface area (Å²) >= 11 is 0. The van der Waals surface area contributed by atoms with Gasteiger partial charge in [0.05, 0.1) is 0 Å². The zero-order valence-corrected chi connectivity index (χ0v) is 8.64. The van der Waals surface area contributed by atoms with Gasteiger partial charge in [0, 0.05) is 13.1 Å². The summed E-state index contributed by atoms with van der Waals surface area (Å²) in [5.41, 5.74) is 9.77. The smallest absolute Gasteiger partial charge is 0.283 e. The molecule has 82 valence electrons. The van der Waals surface area contributed by atoms with Gasteiger partial charge in [-0.2, -0.15) is 0 Å². The van der Waals surface area contributed by atoms with Crippen molar-refractivity contribution in [1.82, 2.24) is 21.7 Å². The Morgan fingerprint density at radius 3 is 1.50 bits per heavy atom. The average Bonchev–Trinajstić information content (AvgIpc) is 2.18. The van der Waals surface area contributed by atoms with Crippen LogP contribution in [0.3, 0.4) is 0 Å². The molecule has 0 aromatic carbocycles. The van der Waals surface area contributed by atoms with E-state index < -0.39 is 11.8 Å². The molecule has 6 heteroatoms. The van der Waals surface area contributed by atoms with Gasteiger partial charge in [0.15, 0.2) is 0 Å². The zero-order chi connectivity index (χ0) is 10.8. The van der Waals surface area contributed by atoms with Crippen molar-refractivity contribution in [3.63, 3.8) is 0 Å². The second-order valence-corrected chi connectivity index (χ2v) is 2.76. The van der Waals surface area contributed by atoms with Crippen LogP contribution < -0.4 is 21.7 Å². The van der Waals surface area contributed by atoms with Crippen LogP contribution in [-0.2, 0) is 9.59 Å². The molecule has 0 spiro atoms. The molecule has 4 N–H and O–H groups in total. The predicted molar refractivity (Wildman–Crippen MR) is 52.9 cm³/mol. The van der Waals surface area contributed by atoms with Crippen molar-refractivity contribution in [2.24, 2.45) is 0 Å². The van der Waals surface area contributed by atoms with Gasteiger partial charge in [0.1, 0.15) is 0 Å². The molecule has 0 aromatic rings. The van der Waals surface area contributed by atoms with Crippen LogP contribution in [0.5, 0.6) is 0 Å². The number of carbonyl (C=O) groups excluding carboxylic acids is 2. The highest BCUT2D eigenvalue weighted by atomic mass is 16.2. The van der Waals surface area contributed by atoms with E-state index in [0.717, 1.165) is 12.8 Å². The number of amides is 2. The Hall–Kier alpha value is -1.14. The van der Waals surface area contributed by atoms with Gasteiger partial charge in [-0.1, -0.05) is 13.8 Å². The number of hydrogen-bond acceptors (Lipinski definition) is 4. The maximum Gasteiger partial charge on any atom is 0.324 e. The number of rotatable bonds is 6. The van der Waals surface area contributed by atoms with Crippen LogP contribution in [0.15, 0.2) is 0 Å². The molecule has 0 saturated heterocycles. The Labute approximate surface area is 83.8 Å². The largest absolute Gasteiger partial charge is 0.324 e. The van der Waals surface area contributed by atoms with Gasteiger partial charge >= 0.3 is 11.8 Å². The minimum absolute atomic E-state index is 0.640. The number of hydrogen-bond donors (Lipinski definition) is 4. The van der Waals surface area contributed by atoms with Crippen molar-refractivity contribution in [2.45, 2.75) is 26.7 Å². The molecule has 0 heterocycles. The average molecular weight is 202 g/mol. The third-order valence-electron chi connectivity index (χ3n) is 1.36. The van der Waals surface area contributed by atoms with E-state index in [9.17, 15) is 9.59 Å². The first-order valence-corrected chi connectivity index (χ1v) is 4.78. The van der Waals surface area contributed by atoms with Crippen LogP contribution in [-0.4, -0.2) is 24.9 Å². The first-order valence-electron chi connectivity index (χ1n) is 4.78. The molecule has 0 radical (unpaired) electrons. The summed E-state index contributed by atoms with van der Waals surface area (Å²) in [7, 11) is 0. The summed E-state index contributed by atoms with van der Waals surface area (Å²) in [5.74, 6) is -1.39. The molecule has 0 fully saturated rings. The van der Waals surface area contributed by atoms with E-state index in [1.165, 1.54) is 0 Å². The lowest BCUT2D eigenvalue weighted by atomic mass is 10.5. The maximum absolute atomic E-state index is 11.0. The first-order chi connectivity index (χ1) is 6.72. The van der Waals surface area contributed by atoms with Crippen molar-refractivity contribution in [1.29, 1.82) is 0 Å². The standard InChI is InChI=1S/C8H18N4O2/c1-3-5-9-11-7(13)8(14)12-10-6-4-2/h9-10H,3-6H2,1-2H3,(H,11,13)(H,12,14). The number of hydrazine groups is 2. The van der Waals surface area contributed by atoms with Gasteiger partial charge in [-0.15, -0.1) is 0 Å². The van der Waals surface area contributed by atoms with Gasteiger partial charge < -0.3 is 0 Å². The van der Waals surface area contributed by atoms with E-state index in [1.54, 1.807) is 0 Å². The van der Waals surface area contributed by atoms with Gasteiger partial charge in [0.2, 0.25) is 0 Å². The highest BCUT2D eigenvalue weighted by Crippen LogP contribution is 1.69. The van der Waals surface area contributed by atoms with Crippen LogP contribution in [0.1, 0.15) is 26.7 Å². The molecular weight excluding hydrogens is 184 g/mol. The SMILES string of the molecule is CCCNNC(=O)C(=O)NNCCC. The van der Waals surface area contributed by atoms with Gasteiger partial charge in [-0.25, -0.2) is 10.9 Å². The third-order valence-corrected chi connectivity index (χ3v) is 1.36. The van der Waals surface area contributed by atoms with Crippen LogP contribution in [0.2, 0.25) is 0 Å². The van der Waals surface area contributed by atoms with Gasteiger partial charge in [-0.05, 0) is 12.8 Å². The van der Waals surface area contributed by atoms with E-state index in [2.05, 4.69) is 21.7 Å². The second-order valence-electron chi connectivity index (χ2n) is 2.76. The summed E-state index contributed by atoms with van der Waals surface area (Å²) in [6, 6.07) is 0. The molecular formula is C8H18N4O2. The molecule has 0 aliphatic rings. The molecule has 2 amide bonds. The summed E-state index contributed by atoms with van der Waals surface area (Å²) in [6.45, 7) is 5.20. The Balaban J connectivity index is 3.50. The van der Waals surface area contributed by atoms with E-state index >= 15 is 0 Å².